The normalized spacial score (nSPS) is 22.5. The molecule has 2 fully saturated rings. The molecule has 1 aromatic heterocycles. The van der Waals surface area contributed by atoms with E-state index < -0.39 is 0 Å². The number of rotatable bonds is 3. The van der Waals surface area contributed by atoms with Crippen molar-refractivity contribution >= 4 is 28.4 Å². The Balaban J connectivity index is 1.56. The standard InChI is InChI=1S/C22H24N4O2/c1-13-9-14(2)21-18(10-13)22(15(11-23)12-24-21)25-16-3-5-17(6-4-16)26-19(27)7-8-20(26)28/h9-10,12,16-17H,3-8H2,1-2H3,(H,24,25). The number of amides is 2. The summed E-state index contributed by atoms with van der Waals surface area (Å²) in [4.78, 5) is 30.0. The van der Waals surface area contributed by atoms with Crippen LogP contribution in [0.25, 0.3) is 10.9 Å². The number of nitrogens with zero attached hydrogens (tertiary/aromatic N) is 3. The second-order valence-corrected chi connectivity index (χ2v) is 7.94. The number of hydrogen-bond donors (Lipinski definition) is 1. The van der Waals surface area contributed by atoms with Gasteiger partial charge < -0.3 is 5.32 Å². The Morgan fingerprint density at radius 2 is 1.79 bits per heavy atom. The van der Waals surface area contributed by atoms with Crippen molar-refractivity contribution in [3.05, 3.63) is 35.0 Å². The van der Waals surface area contributed by atoms with Crippen molar-refractivity contribution in [2.45, 2.75) is 64.5 Å². The van der Waals surface area contributed by atoms with Gasteiger partial charge in [-0.2, -0.15) is 5.26 Å². The summed E-state index contributed by atoms with van der Waals surface area (Å²) in [5, 5.41) is 14.1. The quantitative estimate of drug-likeness (QED) is 0.827. The minimum Gasteiger partial charge on any atom is -0.381 e. The summed E-state index contributed by atoms with van der Waals surface area (Å²) in [5.41, 5.74) is 4.53. The topological polar surface area (TPSA) is 86.1 Å². The zero-order valence-corrected chi connectivity index (χ0v) is 16.3. The van der Waals surface area contributed by atoms with Gasteiger partial charge in [-0.3, -0.25) is 19.5 Å². The summed E-state index contributed by atoms with van der Waals surface area (Å²) >= 11 is 0. The van der Waals surface area contributed by atoms with Crippen molar-refractivity contribution in [2.75, 3.05) is 5.32 Å². The molecular weight excluding hydrogens is 352 g/mol. The number of benzene rings is 1. The zero-order chi connectivity index (χ0) is 19.8. The van der Waals surface area contributed by atoms with E-state index in [0.717, 1.165) is 53.4 Å². The SMILES string of the molecule is Cc1cc(C)c2ncc(C#N)c(NC3CCC(N4C(=O)CCC4=O)CC3)c2c1. The molecule has 0 bridgehead atoms. The number of anilines is 1. The van der Waals surface area contributed by atoms with Gasteiger partial charge in [-0.05, 0) is 51.2 Å². The Morgan fingerprint density at radius 1 is 1.11 bits per heavy atom. The van der Waals surface area contributed by atoms with E-state index in [1.54, 1.807) is 6.20 Å². The molecule has 144 valence electrons. The highest BCUT2D eigenvalue weighted by molar-refractivity contribution is 6.02. The number of hydrogen-bond acceptors (Lipinski definition) is 5. The second kappa shape index (κ2) is 7.23. The van der Waals surface area contributed by atoms with Crippen LogP contribution in [0.1, 0.15) is 55.2 Å². The van der Waals surface area contributed by atoms with E-state index in [4.69, 9.17) is 0 Å². The van der Waals surface area contributed by atoms with E-state index in [-0.39, 0.29) is 23.9 Å². The molecule has 1 saturated heterocycles. The van der Waals surface area contributed by atoms with Gasteiger partial charge >= 0.3 is 0 Å². The Kier molecular flexibility index (Phi) is 4.76. The monoisotopic (exact) mass is 376 g/mol. The molecule has 2 heterocycles. The summed E-state index contributed by atoms with van der Waals surface area (Å²) in [6, 6.07) is 6.67. The average molecular weight is 376 g/mol. The molecule has 28 heavy (non-hydrogen) atoms. The average Bonchev–Trinajstić information content (AvgIpc) is 3.01. The first-order chi connectivity index (χ1) is 13.5. The number of likely N-dealkylation sites (tertiary alicyclic amines) is 1. The van der Waals surface area contributed by atoms with Gasteiger partial charge in [-0.1, -0.05) is 11.6 Å². The van der Waals surface area contributed by atoms with Gasteiger partial charge in [0.2, 0.25) is 11.8 Å². The first kappa shape index (κ1) is 18.4. The number of fused-ring (bicyclic) bond motifs is 1. The molecule has 0 radical (unpaired) electrons. The van der Waals surface area contributed by atoms with E-state index in [1.165, 1.54) is 4.90 Å². The fourth-order valence-electron chi connectivity index (χ4n) is 4.58. The molecule has 0 spiro atoms. The summed E-state index contributed by atoms with van der Waals surface area (Å²) in [6.07, 6.45) is 5.67. The number of nitriles is 1. The van der Waals surface area contributed by atoms with Crippen molar-refractivity contribution in [3.63, 3.8) is 0 Å². The van der Waals surface area contributed by atoms with Crippen molar-refractivity contribution in [3.8, 4) is 6.07 Å². The van der Waals surface area contributed by atoms with Gasteiger partial charge in [-0.25, -0.2) is 0 Å². The molecule has 0 atom stereocenters. The predicted octanol–water partition coefficient (Wildman–Crippen LogP) is 3.60. The highest BCUT2D eigenvalue weighted by atomic mass is 16.2. The number of nitrogens with one attached hydrogen (secondary N) is 1. The molecule has 6 nitrogen and oxygen atoms in total. The third-order valence-corrected chi connectivity index (χ3v) is 5.93. The van der Waals surface area contributed by atoms with E-state index in [2.05, 4.69) is 28.5 Å². The largest absolute Gasteiger partial charge is 0.381 e. The van der Waals surface area contributed by atoms with Gasteiger partial charge in [0.15, 0.2) is 0 Å². The number of pyridine rings is 1. The highest BCUT2D eigenvalue weighted by Gasteiger charge is 2.37. The molecule has 2 amide bonds. The first-order valence-corrected chi connectivity index (χ1v) is 9.89. The maximum atomic E-state index is 12.0. The fourth-order valence-corrected chi connectivity index (χ4v) is 4.58. The van der Waals surface area contributed by atoms with Gasteiger partial charge in [0, 0.05) is 36.5 Å². The molecule has 2 aliphatic rings. The van der Waals surface area contributed by atoms with Crippen LogP contribution in [0, 0.1) is 25.2 Å². The summed E-state index contributed by atoms with van der Waals surface area (Å²) in [5.74, 6) is -0.0569. The number of carbonyl (C=O) groups excluding carboxylic acids is 2. The molecular formula is C22H24N4O2. The number of carbonyl (C=O) groups is 2. The molecule has 1 aliphatic heterocycles. The van der Waals surface area contributed by atoms with Crippen LogP contribution < -0.4 is 5.32 Å². The predicted molar refractivity (Wildman–Crippen MR) is 107 cm³/mol. The lowest BCUT2D eigenvalue weighted by molar-refractivity contribution is -0.141. The van der Waals surface area contributed by atoms with Crippen molar-refractivity contribution in [1.82, 2.24) is 9.88 Å². The Labute approximate surface area is 164 Å². The Bertz CT molecular complexity index is 984. The molecule has 1 aliphatic carbocycles. The number of imide groups is 1. The molecule has 1 saturated carbocycles. The molecule has 0 unspecified atom stereocenters. The van der Waals surface area contributed by atoms with Crippen LogP contribution in [0.3, 0.4) is 0 Å². The van der Waals surface area contributed by atoms with Crippen molar-refractivity contribution in [1.29, 1.82) is 5.26 Å². The van der Waals surface area contributed by atoms with Crippen LogP contribution in [0.5, 0.6) is 0 Å². The third-order valence-electron chi connectivity index (χ3n) is 5.93. The van der Waals surface area contributed by atoms with Crippen LogP contribution in [0.2, 0.25) is 0 Å². The van der Waals surface area contributed by atoms with E-state index in [9.17, 15) is 14.9 Å². The minimum atomic E-state index is -0.0285. The van der Waals surface area contributed by atoms with Crippen LogP contribution >= 0.6 is 0 Å². The molecule has 4 rings (SSSR count). The minimum absolute atomic E-state index is 0.0228. The van der Waals surface area contributed by atoms with E-state index in [1.807, 2.05) is 13.8 Å². The summed E-state index contributed by atoms with van der Waals surface area (Å²) in [6.45, 7) is 4.08. The molecule has 1 N–H and O–H groups in total. The van der Waals surface area contributed by atoms with Crippen LogP contribution in [-0.2, 0) is 9.59 Å². The fraction of sp³-hybridized carbons (Fsp3) is 0.455. The molecule has 6 heteroatoms. The van der Waals surface area contributed by atoms with Gasteiger partial charge in [-0.15, -0.1) is 0 Å². The lowest BCUT2D eigenvalue weighted by Gasteiger charge is -2.34. The molecule has 2 aromatic rings. The zero-order valence-electron chi connectivity index (χ0n) is 16.3. The smallest absolute Gasteiger partial charge is 0.229 e. The number of aryl methyl sites for hydroxylation is 2. The van der Waals surface area contributed by atoms with Gasteiger partial charge in [0.05, 0.1) is 16.8 Å². The highest BCUT2D eigenvalue weighted by Crippen LogP contribution is 2.33. The van der Waals surface area contributed by atoms with Gasteiger partial charge in [0.1, 0.15) is 6.07 Å². The third kappa shape index (κ3) is 3.22. The van der Waals surface area contributed by atoms with Crippen LogP contribution in [0.4, 0.5) is 5.69 Å². The summed E-state index contributed by atoms with van der Waals surface area (Å²) in [7, 11) is 0. The van der Waals surface area contributed by atoms with Crippen LogP contribution in [0.15, 0.2) is 18.3 Å². The van der Waals surface area contributed by atoms with Crippen LogP contribution in [-0.4, -0.2) is 33.8 Å². The van der Waals surface area contributed by atoms with E-state index in [0.29, 0.717) is 18.4 Å². The Morgan fingerprint density at radius 3 is 2.43 bits per heavy atom. The van der Waals surface area contributed by atoms with Crippen molar-refractivity contribution in [2.24, 2.45) is 0 Å². The maximum Gasteiger partial charge on any atom is 0.229 e. The van der Waals surface area contributed by atoms with Crippen molar-refractivity contribution < 1.29 is 9.59 Å². The first-order valence-electron chi connectivity index (χ1n) is 9.89. The lowest BCUT2D eigenvalue weighted by atomic mass is 9.89. The number of aromatic nitrogens is 1. The summed E-state index contributed by atoms with van der Waals surface area (Å²) < 4.78 is 0. The Hall–Kier alpha value is -2.94. The van der Waals surface area contributed by atoms with Gasteiger partial charge in [0.25, 0.3) is 0 Å². The van der Waals surface area contributed by atoms with E-state index >= 15 is 0 Å². The lowest BCUT2D eigenvalue weighted by Crippen LogP contribution is -2.43. The molecule has 1 aromatic carbocycles. The second-order valence-electron chi connectivity index (χ2n) is 7.94. The maximum absolute atomic E-state index is 12.0.